The van der Waals surface area contributed by atoms with Crippen LogP contribution in [0.3, 0.4) is 0 Å². The lowest BCUT2D eigenvalue weighted by molar-refractivity contribution is 0.669. The molecule has 3 heterocycles. The van der Waals surface area contributed by atoms with E-state index in [1.54, 1.807) is 0 Å². The molecule has 1 atom stereocenters. The first-order valence-corrected chi connectivity index (χ1v) is 26.8. The topological polar surface area (TPSA) is 21.3 Å². The first-order valence-electron chi connectivity index (χ1n) is 26.8. The van der Waals surface area contributed by atoms with Crippen LogP contribution in [0, 0.1) is 0 Å². The molecule has 1 aliphatic heterocycles. The van der Waals surface area contributed by atoms with E-state index in [1.165, 1.54) is 105 Å². The number of rotatable bonds is 4. The Morgan fingerprint density at radius 1 is 0.312 bits per heavy atom. The molecule has 0 saturated carbocycles. The Balaban J connectivity index is 0.908. The van der Waals surface area contributed by atoms with E-state index >= 15 is 0 Å². The maximum Gasteiger partial charge on any atom is 0.136 e. The second-order valence-corrected chi connectivity index (χ2v) is 21.4. The normalized spacial score (nSPS) is 15.4. The summed E-state index contributed by atoms with van der Waals surface area (Å²) in [6.07, 6.45) is 0. The number of para-hydroxylation sites is 4. The predicted molar refractivity (Wildman–Crippen MR) is 315 cm³/mol. The molecule has 4 aliphatic rings. The molecule has 2 aromatic heterocycles. The standard InChI is InChI=1S/C74H44N2O/c1-7-24-58-49(17-1)50-18-2-8-25-59(50)73(58)60-26-9-3-19-51(60)52-42-40-48(44-65(52)73)75(47-38-35-45(36-39-47)46-37-41-55-54-21-6-14-34-69(54)77-70(55)43-46)68-33-16-29-63-71(68)57-22-4-10-27-61(57)74(63)62-28-11-13-32-67(62)76-66-31-12-5-20-53(66)56-23-15-30-64(74)72(56)76/h1-44H. The Bertz CT molecular complexity index is 4830. The van der Waals surface area contributed by atoms with Crippen LogP contribution in [0.2, 0.25) is 0 Å². The van der Waals surface area contributed by atoms with Crippen LogP contribution >= 0.6 is 0 Å². The van der Waals surface area contributed by atoms with Gasteiger partial charge in [0.1, 0.15) is 11.2 Å². The summed E-state index contributed by atoms with van der Waals surface area (Å²) in [6, 6.07) is 100. The Morgan fingerprint density at radius 3 is 1.58 bits per heavy atom. The SMILES string of the molecule is c1ccc2c(c1)-c1ccccc1C21c2ccccc2-c2ccc(N(c3ccc(-c4ccc5c(c4)oc4ccccc45)cc3)c3cccc4c3-c3ccccc3C43c4ccccc4-n4c5ccccc5c5cccc3c54)cc21. The van der Waals surface area contributed by atoms with E-state index in [0.29, 0.717) is 0 Å². The number of anilines is 3. The highest BCUT2D eigenvalue weighted by Gasteiger charge is 2.53. The lowest BCUT2D eigenvalue weighted by atomic mass is 9.65. The molecule has 0 saturated heterocycles. The molecule has 2 spiro atoms. The van der Waals surface area contributed by atoms with E-state index in [9.17, 15) is 0 Å². The van der Waals surface area contributed by atoms with Gasteiger partial charge in [0.15, 0.2) is 0 Å². The Morgan fingerprint density at radius 2 is 0.831 bits per heavy atom. The van der Waals surface area contributed by atoms with Crippen LogP contribution in [-0.2, 0) is 10.8 Å². The van der Waals surface area contributed by atoms with Gasteiger partial charge in [-0.25, -0.2) is 0 Å². The van der Waals surface area contributed by atoms with E-state index < -0.39 is 10.8 Å². The van der Waals surface area contributed by atoms with Gasteiger partial charge in [-0.3, -0.25) is 0 Å². The fraction of sp³-hybridized carbons (Fsp3) is 0.0270. The molecule has 0 radical (unpaired) electrons. The van der Waals surface area contributed by atoms with E-state index in [1.807, 2.05) is 6.07 Å². The van der Waals surface area contributed by atoms with Crippen molar-refractivity contribution in [1.29, 1.82) is 0 Å². The fourth-order valence-corrected chi connectivity index (χ4v) is 15.1. The molecule has 0 bridgehead atoms. The summed E-state index contributed by atoms with van der Waals surface area (Å²) in [5, 5.41) is 4.81. The quantitative estimate of drug-likeness (QED) is 0.175. The summed E-state index contributed by atoms with van der Waals surface area (Å²) in [5.41, 5.74) is 28.1. The van der Waals surface area contributed by atoms with Crippen molar-refractivity contribution in [3.63, 3.8) is 0 Å². The highest BCUT2D eigenvalue weighted by molar-refractivity contribution is 6.13. The lowest BCUT2D eigenvalue weighted by Gasteiger charge is -2.39. The largest absolute Gasteiger partial charge is 0.456 e. The van der Waals surface area contributed by atoms with Crippen molar-refractivity contribution < 1.29 is 4.42 Å². The van der Waals surface area contributed by atoms with Crippen LogP contribution in [0.15, 0.2) is 271 Å². The minimum Gasteiger partial charge on any atom is -0.456 e. The van der Waals surface area contributed by atoms with Crippen LogP contribution in [0.5, 0.6) is 0 Å². The minimum atomic E-state index is -0.603. The van der Waals surface area contributed by atoms with Crippen LogP contribution < -0.4 is 4.90 Å². The van der Waals surface area contributed by atoms with Crippen LogP contribution in [0.25, 0.3) is 93.9 Å². The van der Waals surface area contributed by atoms with Crippen molar-refractivity contribution in [3.8, 4) is 50.2 Å². The molecule has 14 aromatic rings. The van der Waals surface area contributed by atoms with Crippen LogP contribution in [0.1, 0.15) is 44.5 Å². The maximum absolute atomic E-state index is 6.42. The van der Waals surface area contributed by atoms with Gasteiger partial charge >= 0.3 is 0 Å². The molecule has 0 N–H and O–H groups in total. The van der Waals surface area contributed by atoms with Crippen molar-refractivity contribution in [2.24, 2.45) is 0 Å². The zero-order chi connectivity index (χ0) is 50.1. The highest BCUT2D eigenvalue weighted by atomic mass is 16.3. The first-order chi connectivity index (χ1) is 38.2. The molecule has 0 amide bonds. The number of hydrogen-bond acceptors (Lipinski definition) is 2. The number of nitrogens with zero attached hydrogens (tertiary/aromatic N) is 2. The third-order valence-electron chi connectivity index (χ3n) is 18.0. The summed E-state index contributed by atoms with van der Waals surface area (Å²) < 4.78 is 8.95. The molecular formula is C74H44N2O. The number of furan rings is 1. The van der Waals surface area contributed by atoms with Gasteiger partial charge in [0, 0.05) is 38.5 Å². The predicted octanol–water partition coefficient (Wildman–Crippen LogP) is 18.8. The van der Waals surface area contributed by atoms with E-state index in [0.717, 1.165) is 50.1 Å². The molecule has 3 aliphatic carbocycles. The van der Waals surface area contributed by atoms with Gasteiger partial charge in [0.05, 0.1) is 33.2 Å². The van der Waals surface area contributed by atoms with Crippen molar-refractivity contribution >= 4 is 60.8 Å². The van der Waals surface area contributed by atoms with Crippen LogP contribution in [0.4, 0.5) is 17.1 Å². The van der Waals surface area contributed by atoms with E-state index in [-0.39, 0.29) is 0 Å². The summed E-state index contributed by atoms with van der Waals surface area (Å²) >= 11 is 0. The smallest absolute Gasteiger partial charge is 0.136 e. The molecular weight excluding hydrogens is 933 g/mol. The van der Waals surface area contributed by atoms with Gasteiger partial charge in [-0.1, -0.05) is 206 Å². The third-order valence-corrected chi connectivity index (χ3v) is 18.0. The monoisotopic (exact) mass is 976 g/mol. The summed E-state index contributed by atoms with van der Waals surface area (Å²) in [4.78, 5) is 2.55. The van der Waals surface area contributed by atoms with Crippen molar-refractivity contribution in [3.05, 3.63) is 311 Å². The lowest BCUT2D eigenvalue weighted by Crippen LogP contribution is -2.33. The van der Waals surface area contributed by atoms with Crippen molar-refractivity contribution in [2.45, 2.75) is 10.8 Å². The van der Waals surface area contributed by atoms with Gasteiger partial charge in [-0.05, 0) is 144 Å². The average molecular weight is 977 g/mol. The van der Waals surface area contributed by atoms with Gasteiger partial charge in [-0.2, -0.15) is 0 Å². The zero-order valence-electron chi connectivity index (χ0n) is 41.7. The molecule has 0 fully saturated rings. The Hall–Kier alpha value is -9.96. The van der Waals surface area contributed by atoms with Crippen molar-refractivity contribution in [2.75, 3.05) is 4.90 Å². The maximum atomic E-state index is 6.42. The second-order valence-electron chi connectivity index (χ2n) is 21.4. The summed E-state index contributed by atoms with van der Waals surface area (Å²) in [5.74, 6) is 0. The number of benzene rings is 12. The number of hydrogen-bond donors (Lipinski definition) is 0. The fourth-order valence-electron chi connectivity index (χ4n) is 15.1. The van der Waals surface area contributed by atoms with Gasteiger partial charge in [-0.15, -0.1) is 0 Å². The molecule has 1 unspecified atom stereocenters. The Labute approximate surface area is 444 Å². The molecule has 3 nitrogen and oxygen atoms in total. The van der Waals surface area contributed by atoms with E-state index in [2.05, 4.69) is 270 Å². The molecule has 356 valence electrons. The summed E-state index contributed by atoms with van der Waals surface area (Å²) in [6.45, 7) is 0. The summed E-state index contributed by atoms with van der Waals surface area (Å²) in [7, 11) is 0. The van der Waals surface area contributed by atoms with E-state index in [4.69, 9.17) is 4.42 Å². The van der Waals surface area contributed by atoms with Crippen molar-refractivity contribution in [1.82, 2.24) is 4.57 Å². The minimum absolute atomic E-state index is 0.502. The zero-order valence-corrected chi connectivity index (χ0v) is 41.7. The van der Waals surface area contributed by atoms with Gasteiger partial charge in [0.2, 0.25) is 0 Å². The molecule has 3 heteroatoms. The number of aromatic nitrogens is 1. The average Bonchev–Trinajstić information content (AvgIpc) is 4.27. The molecule has 18 rings (SSSR count). The molecule has 12 aromatic carbocycles. The molecule has 77 heavy (non-hydrogen) atoms. The third kappa shape index (κ3) is 5.07. The first kappa shape index (κ1) is 41.4. The van der Waals surface area contributed by atoms with Crippen LogP contribution in [-0.4, -0.2) is 4.57 Å². The number of fused-ring (bicyclic) bond motifs is 25. The second kappa shape index (κ2) is 14.9. The van der Waals surface area contributed by atoms with Gasteiger partial charge < -0.3 is 13.9 Å². The van der Waals surface area contributed by atoms with Gasteiger partial charge in [0.25, 0.3) is 0 Å². The highest BCUT2D eigenvalue weighted by Crippen LogP contribution is 2.66. The Kier molecular flexibility index (Phi) is 8.00.